The highest BCUT2D eigenvalue weighted by atomic mass is 16.5. The van der Waals surface area contributed by atoms with Gasteiger partial charge < -0.3 is 9.64 Å². The molecular formula is C18H18N6O3. The number of nitriles is 2. The molecule has 0 radical (unpaired) electrons. The Hall–Kier alpha value is -3.72. The van der Waals surface area contributed by atoms with Gasteiger partial charge >= 0.3 is 5.97 Å². The minimum atomic E-state index is -0.677. The lowest BCUT2D eigenvalue weighted by Crippen LogP contribution is -2.36. The minimum absolute atomic E-state index is 0.140. The predicted molar refractivity (Wildman–Crippen MR) is 93.4 cm³/mol. The lowest BCUT2D eigenvalue weighted by molar-refractivity contribution is -0.134. The van der Waals surface area contributed by atoms with Gasteiger partial charge in [0.05, 0.1) is 36.9 Å². The first-order chi connectivity index (χ1) is 13.1. The molecule has 2 heterocycles. The van der Waals surface area contributed by atoms with Gasteiger partial charge in [0.1, 0.15) is 5.56 Å². The molecule has 0 aliphatic carbocycles. The molecule has 2 aromatic rings. The van der Waals surface area contributed by atoms with E-state index in [1.54, 1.807) is 31.3 Å². The number of nitrogens with zero attached hydrogens (tertiary/aromatic N) is 6. The Morgan fingerprint density at radius 1 is 1.22 bits per heavy atom. The number of carbonyl (C=O) groups excluding carboxylic acids is 2. The second kappa shape index (κ2) is 9.68. The molecule has 0 aliphatic rings. The number of aromatic nitrogens is 3. The molecule has 9 heteroatoms. The van der Waals surface area contributed by atoms with Gasteiger partial charge in [-0.15, -0.1) is 0 Å². The van der Waals surface area contributed by atoms with E-state index in [9.17, 15) is 9.59 Å². The summed E-state index contributed by atoms with van der Waals surface area (Å²) < 4.78 is 6.60. The fourth-order valence-electron chi connectivity index (χ4n) is 2.35. The fraction of sp³-hybridized carbons (Fsp3) is 0.333. The Bertz CT molecular complexity index is 861. The molecular weight excluding hydrogens is 348 g/mol. The van der Waals surface area contributed by atoms with Crippen molar-refractivity contribution < 1.29 is 14.3 Å². The zero-order valence-corrected chi connectivity index (χ0v) is 14.8. The molecule has 0 atom stereocenters. The van der Waals surface area contributed by atoms with Gasteiger partial charge in [-0.1, -0.05) is 6.07 Å². The Morgan fingerprint density at radius 3 is 2.52 bits per heavy atom. The van der Waals surface area contributed by atoms with Crippen molar-refractivity contribution in [3.05, 3.63) is 41.9 Å². The number of amides is 1. The highest BCUT2D eigenvalue weighted by molar-refractivity contribution is 5.92. The third-order valence-corrected chi connectivity index (χ3v) is 3.76. The Labute approximate surface area is 156 Å². The molecule has 1 amide bonds. The molecule has 27 heavy (non-hydrogen) atoms. The van der Waals surface area contributed by atoms with Crippen molar-refractivity contribution in [2.75, 3.05) is 19.7 Å². The first kappa shape index (κ1) is 19.6. The van der Waals surface area contributed by atoms with Gasteiger partial charge in [-0.3, -0.25) is 4.79 Å². The highest BCUT2D eigenvalue weighted by Crippen LogP contribution is 2.13. The van der Waals surface area contributed by atoms with Crippen LogP contribution in [0, 0.1) is 29.6 Å². The van der Waals surface area contributed by atoms with Gasteiger partial charge in [0.2, 0.25) is 0 Å². The normalized spacial score (nSPS) is 9.89. The summed E-state index contributed by atoms with van der Waals surface area (Å²) in [6, 6.07) is 9.21. The average Bonchev–Trinajstić information content (AvgIpc) is 3.08. The van der Waals surface area contributed by atoms with E-state index in [2.05, 4.69) is 10.1 Å². The number of rotatable bonds is 8. The summed E-state index contributed by atoms with van der Waals surface area (Å²) in [7, 11) is 0. The van der Waals surface area contributed by atoms with Crippen molar-refractivity contribution in [1.29, 1.82) is 10.5 Å². The van der Waals surface area contributed by atoms with E-state index in [1.165, 1.54) is 15.8 Å². The molecule has 0 saturated heterocycles. The quantitative estimate of drug-likeness (QED) is 0.646. The summed E-state index contributed by atoms with van der Waals surface area (Å²) >= 11 is 0. The van der Waals surface area contributed by atoms with Crippen molar-refractivity contribution in [3.8, 4) is 18.0 Å². The van der Waals surface area contributed by atoms with Crippen LogP contribution >= 0.6 is 0 Å². The number of pyridine rings is 1. The molecule has 0 unspecified atom stereocenters. The summed E-state index contributed by atoms with van der Waals surface area (Å²) in [6.07, 6.45) is 3.26. The van der Waals surface area contributed by atoms with E-state index in [0.717, 1.165) is 0 Å². The summed E-state index contributed by atoms with van der Waals surface area (Å²) in [6.45, 7) is 1.60. The van der Waals surface area contributed by atoms with Crippen LogP contribution in [0.1, 0.15) is 28.9 Å². The number of hydrogen-bond acceptors (Lipinski definition) is 7. The van der Waals surface area contributed by atoms with E-state index in [4.69, 9.17) is 15.3 Å². The van der Waals surface area contributed by atoms with E-state index in [1.807, 2.05) is 12.1 Å². The molecule has 0 spiro atoms. The van der Waals surface area contributed by atoms with Crippen LogP contribution in [0.25, 0.3) is 5.82 Å². The van der Waals surface area contributed by atoms with Gasteiger partial charge in [-0.2, -0.15) is 15.6 Å². The molecule has 138 valence electrons. The van der Waals surface area contributed by atoms with Crippen LogP contribution < -0.4 is 0 Å². The third-order valence-electron chi connectivity index (χ3n) is 3.76. The first-order valence-corrected chi connectivity index (χ1v) is 8.23. The Kier molecular flexibility index (Phi) is 7.03. The molecule has 0 aliphatic heterocycles. The predicted octanol–water partition coefficient (Wildman–Crippen LogP) is 1.39. The van der Waals surface area contributed by atoms with Crippen molar-refractivity contribution in [1.82, 2.24) is 19.7 Å². The van der Waals surface area contributed by atoms with E-state index in [-0.39, 0.29) is 31.5 Å². The van der Waals surface area contributed by atoms with Crippen LogP contribution in [-0.2, 0) is 9.53 Å². The van der Waals surface area contributed by atoms with Gasteiger partial charge in [-0.25, -0.2) is 14.5 Å². The topological polar surface area (TPSA) is 125 Å². The van der Waals surface area contributed by atoms with Crippen LogP contribution in [0.5, 0.6) is 0 Å². The summed E-state index contributed by atoms with van der Waals surface area (Å²) in [5.41, 5.74) is 0.769. The SMILES string of the molecule is Cc1c(C(=O)OCC(=O)N(CCC#N)CCC#N)cnn1-c1ccccn1. The van der Waals surface area contributed by atoms with E-state index >= 15 is 0 Å². The van der Waals surface area contributed by atoms with Crippen molar-refractivity contribution in [2.45, 2.75) is 19.8 Å². The number of carbonyl (C=O) groups is 2. The van der Waals surface area contributed by atoms with Gasteiger partial charge in [-0.05, 0) is 19.1 Å². The Balaban J connectivity index is 2.01. The first-order valence-electron chi connectivity index (χ1n) is 8.23. The smallest absolute Gasteiger partial charge is 0.342 e. The van der Waals surface area contributed by atoms with Gasteiger partial charge in [0.15, 0.2) is 12.4 Å². The maximum Gasteiger partial charge on any atom is 0.342 e. The maximum atomic E-state index is 12.3. The lowest BCUT2D eigenvalue weighted by Gasteiger charge is -2.20. The van der Waals surface area contributed by atoms with E-state index in [0.29, 0.717) is 11.5 Å². The Morgan fingerprint density at radius 2 is 1.93 bits per heavy atom. The van der Waals surface area contributed by atoms with Crippen LogP contribution in [0.15, 0.2) is 30.6 Å². The highest BCUT2D eigenvalue weighted by Gasteiger charge is 2.20. The number of esters is 1. The average molecular weight is 366 g/mol. The molecule has 0 aromatic carbocycles. The zero-order valence-electron chi connectivity index (χ0n) is 14.8. The summed E-state index contributed by atoms with van der Waals surface area (Å²) in [5, 5.41) is 21.5. The van der Waals surface area contributed by atoms with Gasteiger partial charge in [0, 0.05) is 19.3 Å². The van der Waals surface area contributed by atoms with Crippen LogP contribution in [-0.4, -0.2) is 51.2 Å². The third kappa shape index (κ3) is 5.13. The molecule has 0 bridgehead atoms. The van der Waals surface area contributed by atoms with Crippen molar-refractivity contribution in [3.63, 3.8) is 0 Å². The van der Waals surface area contributed by atoms with Crippen LogP contribution in [0.2, 0.25) is 0 Å². The number of ether oxygens (including phenoxy) is 1. The van der Waals surface area contributed by atoms with E-state index < -0.39 is 18.5 Å². The van der Waals surface area contributed by atoms with Crippen molar-refractivity contribution >= 4 is 11.9 Å². The second-order valence-electron chi connectivity index (χ2n) is 5.52. The molecule has 0 N–H and O–H groups in total. The second-order valence-corrected chi connectivity index (χ2v) is 5.52. The molecule has 9 nitrogen and oxygen atoms in total. The van der Waals surface area contributed by atoms with Crippen LogP contribution in [0.3, 0.4) is 0 Å². The molecule has 2 aromatic heterocycles. The fourth-order valence-corrected chi connectivity index (χ4v) is 2.35. The van der Waals surface area contributed by atoms with Crippen LogP contribution in [0.4, 0.5) is 0 Å². The largest absolute Gasteiger partial charge is 0.452 e. The monoisotopic (exact) mass is 366 g/mol. The molecule has 2 rings (SSSR count). The summed E-state index contributed by atoms with van der Waals surface area (Å²) in [5.74, 6) is -0.573. The zero-order chi connectivity index (χ0) is 19.6. The van der Waals surface area contributed by atoms with Gasteiger partial charge in [0.25, 0.3) is 5.91 Å². The summed E-state index contributed by atoms with van der Waals surface area (Å²) in [4.78, 5) is 30.0. The molecule has 0 fully saturated rings. The molecule has 0 saturated carbocycles. The maximum absolute atomic E-state index is 12.3. The lowest BCUT2D eigenvalue weighted by atomic mass is 10.2. The minimum Gasteiger partial charge on any atom is -0.452 e. The standard InChI is InChI=1S/C18H18N6O3/c1-14-15(12-22-24(14)16-6-2-3-9-21-16)18(26)27-13-17(25)23(10-4-7-19)11-5-8-20/h2-3,6,9,12H,4-5,10-11,13H2,1H3. The van der Waals surface area contributed by atoms with Crippen molar-refractivity contribution in [2.24, 2.45) is 0 Å². The number of hydrogen-bond donors (Lipinski definition) is 0.